The van der Waals surface area contributed by atoms with Crippen LogP contribution < -0.4 is 4.74 Å². The lowest BCUT2D eigenvalue weighted by Gasteiger charge is -2.31. The first kappa shape index (κ1) is 17.7. The van der Waals surface area contributed by atoms with Crippen LogP contribution in [0.5, 0.6) is 6.01 Å². The number of likely N-dealkylation sites (tertiary alicyclic amines) is 1. The molecule has 0 atom stereocenters. The number of aromatic nitrogens is 2. The van der Waals surface area contributed by atoms with E-state index in [1.165, 1.54) is 0 Å². The van der Waals surface area contributed by atoms with Crippen molar-refractivity contribution in [2.75, 3.05) is 13.1 Å². The molecule has 1 saturated heterocycles. The maximum absolute atomic E-state index is 12.4. The van der Waals surface area contributed by atoms with Gasteiger partial charge in [-0.3, -0.25) is 4.79 Å². The van der Waals surface area contributed by atoms with E-state index in [-0.39, 0.29) is 12.0 Å². The minimum atomic E-state index is 0.0692. The van der Waals surface area contributed by atoms with E-state index in [9.17, 15) is 4.79 Å². The zero-order valence-electron chi connectivity index (χ0n) is 14.3. The molecule has 1 amide bonds. The zero-order chi connectivity index (χ0) is 17.6. The molecular formula is C19H22ClN3O2. The van der Waals surface area contributed by atoms with E-state index < -0.39 is 0 Å². The number of piperidine rings is 1. The molecule has 0 spiro atoms. The summed E-state index contributed by atoms with van der Waals surface area (Å²) < 4.78 is 5.81. The first-order chi connectivity index (χ1) is 12.1. The standard InChI is InChI=1S/C19H22ClN3O2/c1-14-12-21-19(22-13-14)25-17-7-9-23(10-8-17)18(24)6-5-15-3-2-4-16(20)11-15/h2-4,11-13,17H,5-10H2,1H3. The third-order valence-corrected chi connectivity index (χ3v) is 4.58. The molecule has 6 heteroatoms. The van der Waals surface area contributed by atoms with Crippen LogP contribution >= 0.6 is 11.6 Å². The summed E-state index contributed by atoms with van der Waals surface area (Å²) in [7, 11) is 0. The summed E-state index contributed by atoms with van der Waals surface area (Å²) in [6, 6.07) is 8.08. The number of benzene rings is 1. The van der Waals surface area contributed by atoms with Gasteiger partial charge in [0.05, 0.1) is 0 Å². The second-order valence-corrected chi connectivity index (χ2v) is 6.81. The Hall–Kier alpha value is -2.14. The van der Waals surface area contributed by atoms with E-state index in [1.807, 2.05) is 36.1 Å². The van der Waals surface area contributed by atoms with Crippen LogP contribution in [-0.2, 0) is 11.2 Å². The number of carbonyl (C=O) groups excluding carboxylic acids is 1. The molecule has 3 rings (SSSR count). The van der Waals surface area contributed by atoms with Crippen molar-refractivity contribution in [2.24, 2.45) is 0 Å². The first-order valence-electron chi connectivity index (χ1n) is 8.57. The molecule has 1 aliphatic rings. The third-order valence-electron chi connectivity index (χ3n) is 4.34. The molecule has 0 bridgehead atoms. The molecule has 0 saturated carbocycles. The quantitative estimate of drug-likeness (QED) is 0.820. The highest BCUT2D eigenvalue weighted by atomic mass is 35.5. The fourth-order valence-electron chi connectivity index (χ4n) is 2.92. The predicted molar refractivity (Wildman–Crippen MR) is 96.8 cm³/mol. The normalized spacial score (nSPS) is 15.2. The molecular weight excluding hydrogens is 338 g/mol. The summed E-state index contributed by atoms with van der Waals surface area (Å²) in [6.45, 7) is 3.37. The van der Waals surface area contributed by atoms with Gasteiger partial charge in [-0.15, -0.1) is 0 Å². The van der Waals surface area contributed by atoms with Crippen LogP contribution in [-0.4, -0.2) is 40.0 Å². The molecule has 1 fully saturated rings. The molecule has 0 N–H and O–H groups in total. The van der Waals surface area contributed by atoms with E-state index in [0.29, 0.717) is 37.0 Å². The Bertz CT molecular complexity index is 713. The summed E-state index contributed by atoms with van der Waals surface area (Å²) >= 11 is 5.98. The van der Waals surface area contributed by atoms with Crippen LogP contribution in [0.25, 0.3) is 0 Å². The summed E-state index contributed by atoms with van der Waals surface area (Å²) in [5, 5.41) is 0.709. The van der Waals surface area contributed by atoms with Gasteiger partial charge in [-0.25, -0.2) is 9.97 Å². The molecule has 0 aliphatic carbocycles. The number of rotatable bonds is 5. The summed E-state index contributed by atoms with van der Waals surface area (Å²) in [5.74, 6) is 0.185. The van der Waals surface area contributed by atoms with Crippen LogP contribution in [0.1, 0.15) is 30.4 Å². The van der Waals surface area contributed by atoms with Gasteiger partial charge in [0.15, 0.2) is 0 Å². The van der Waals surface area contributed by atoms with Crippen molar-refractivity contribution in [3.8, 4) is 6.01 Å². The van der Waals surface area contributed by atoms with Crippen molar-refractivity contribution >= 4 is 17.5 Å². The Morgan fingerprint density at radius 2 is 2.00 bits per heavy atom. The smallest absolute Gasteiger partial charge is 0.316 e. The van der Waals surface area contributed by atoms with Crippen LogP contribution in [0.4, 0.5) is 0 Å². The van der Waals surface area contributed by atoms with Crippen molar-refractivity contribution in [1.82, 2.24) is 14.9 Å². The molecule has 2 aromatic rings. The highest BCUT2D eigenvalue weighted by Crippen LogP contribution is 2.18. The highest BCUT2D eigenvalue weighted by Gasteiger charge is 2.24. The van der Waals surface area contributed by atoms with E-state index >= 15 is 0 Å². The van der Waals surface area contributed by atoms with Crippen LogP contribution in [0.3, 0.4) is 0 Å². The van der Waals surface area contributed by atoms with Gasteiger partial charge in [-0.05, 0) is 36.6 Å². The molecule has 5 nitrogen and oxygen atoms in total. The van der Waals surface area contributed by atoms with Crippen molar-refractivity contribution < 1.29 is 9.53 Å². The number of ether oxygens (including phenoxy) is 1. The molecule has 0 radical (unpaired) electrons. The van der Waals surface area contributed by atoms with Gasteiger partial charge in [0, 0.05) is 49.8 Å². The number of aryl methyl sites for hydroxylation is 2. The minimum absolute atomic E-state index is 0.0692. The average Bonchev–Trinajstić information content (AvgIpc) is 2.62. The van der Waals surface area contributed by atoms with Gasteiger partial charge in [0.25, 0.3) is 0 Å². The van der Waals surface area contributed by atoms with Crippen LogP contribution in [0.15, 0.2) is 36.7 Å². The van der Waals surface area contributed by atoms with Gasteiger partial charge >= 0.3 is 6.01 Å². The lowest BCUT2D eigenvalue weighted by atomic mass is 10.1. The predicted octanol–water partition coefficient (Wildman–Crippen LogP) is 3.44. The summed E-state index contributed by atoms with van der Waals surface area (Å²) in [4.78, 5) is 22.6. The summed E-state index contributed by atoms with van der Waals surface area (Å²) in [6.07, 6.45) is 6.40. The largest absolute Gasteiger partial charge is 0.460 e. The Balaban J connectivity index is 1.43. The van der Waals surface area contributed by atoms with E-state index in [1.54, 1.807) is 12.4 Å². The van der Waals surface area contributed by atoms with E-state index in [0.717, 1.165) is 24.0 Å². The fourth-order valence-corrected chi connectivity index (χ4v) is 3.13. The highest BCUT2D eigenvalue weighted by molar-refractivity contribution is 6.30. The molecule has 2 heterocycles. The maximum Gasteiger partial charge on any atom is 0.316 e. The lowest BCUT2D eigenvalue weighted by Crippen LogP contribution is -2.42. The van der Waals surface area contributed by atoms with Crippen molar-refractivity contribution in [3.63, 3.8) is 0 Å². The number of halogens is 1. The fraction of sp³-hybridized carbons (Fsp3) is 0.421. The van der Waals surface area contributed by atoms with Gasteiger partial charge in [0.1, 0.15) is 6.10 Å². The first-order valence-corrected chi connectivity index (χ1v) is 8.95. The van der Waals surface area contributed by atoms with Crippen LogP contribution in [0, 0.1) is 6.92 Å². The number of hydrogen-bond donors (Lipinski definition) is 0. The average molecular weight is 360 g/mol. The molecule has 1 aromatic heterocycles. The summed E-state index contributed by atoms with van der Waals surface area (Å²) in [5.41, 5.74) is 2.10. The van der Waals surface area contributed by atoms with Gasteiger partial charge < -0.3 is 9.64 Å². The van der Waals surface area contributed by atoms with Crippen molar-refractivity contribution in [3.05, 3.63) is 52.8 Å². The Kier molecular flexibility index (Phi) is 5.87. The molecule has 25 heavy (non-hydrogen) atoms. The Labute approximate surface area is 153 Å². The Morgan fingerprint density at radius 3 is 2.68 bits per heavy atom. The molecule has 0 unspecified atom stereocenters. The zero-order valence-corrected chi connectivity index (χ0v) is 15.1. The second kappa shape index (κ2) is 8.30. The number of hydrogen-bond acceptors (Lipinski definition) is 4. The molecule has 1 aliphatic heterocycles. The minimum Gasteiger partial charge on any atom is -0.460 e. The Morgan fingerprint density at radius 1 is 1.28 bits per heavy atom. The SMILES string of the molecule is Cc1cnc(OC2CCN(C(=O)CCc3cccc(Cl)c3)CC2)nc1. The molecule has 1 aromatic carbocycles. The van der Waals surface area contributed by atoms with Gasteiger partial charge in [-0.2, -0.15) is 0 Å². The van der Waals surface area contributed by atoms with Crippen molar-refractivity contribution in [1.29, 1.82) is 0 Å². The third kappa shape index (κ3) is 5.16. The van der Waals surface area contributed by atoms with Gasteiger partial charge in [0.2, 0.25) is 5.91 Å². The molecule has 132 valence electrons. The maximum atomic E-state index is 12.4. The number of nitrogens with zero attached hydrogens (tertiary/aromatic N) is 3. The van der Waals surface area contributed by atoms with Crippen LogP contribution in [0.2, 0.25) is 5.02 Å². The van der Waals surface area contributed by atoms with E-state index in [4.69, 9.17) is 16.3 Å². The number of amides is 1. The second-order valence-electron chi connectivity index (χ2n) is 6.37. The van der Waals surface area contributed by atoms with Crippen molar-refractivity contribution in [2.45, 2.75) is 38.7 Å². The van der Waals surface area contributed by atoms with Gasteiger partial charge in [-0.1, -0.05) is 23.7 Å². The van der Waals surface area contributed by atoms with E-state index in [2.05, 4.69) is 9.97 Å². The monoisotopic (exact) mass is 359 g/mol. The topological polar surface area (TPSA) is 55.3 Å². The number of carbonyl (C=O) groups is 1. The lowest BCUT2D eigenvalue weighted by molar-refractivity contribution is -0.133.